The summed E-state index contributed by atoms with van der Waals surface area (Å²) in [5.41, 5.74) is 2.95. The largest absolute Gasteiger partial charge is 0.264 e. The van der Waals surface area contributed by atoms with Gasteiger partial charge in [0.1, 0.15) is 0 Å². The highest BCUT2D eigenvalue weighted by Gasteiger charge is 2.25. The quantitative estimate of drug-likeness (QED) is 0.681. The van der Waals surface area contributed by atoms with E-state index in [9.17, 15) is 8.42 Å². The van der Waals surface area contributed by atoms with Crippen LogP contribution >= 0.6 is 0 Å². The summed E-state index contributed by atoms with van der Waals surface area (Å²) in [5, 5.41) is 8.93. The van der Waals surface area contributed by atoms with Crippen LogP contribution in [-0.2, 0) is 16.6 Å². The molecule has 3 aromatic rings. The lowest BCUT2D eigenvalue weighted by molar-refractivity contribution is 0.590. The Hall–Kier alpha value is -3.10. The van der Waals surface area contributed by atoms with Crippen molar-refractivity contribution in [2.75, 3.05) is 4.31 Å². The molecule has 0 heterocycles. The van der Waals surface area contributed by atoms with Crippen LogP contribution in [-0.4, -0.2) is 8.42 Å². The van der Waals surface area contributed by atoms with Gasteiger partial charge in [-0.3, -0.25) is 4.31 Å². The van der Waals surface area contributed by atoms with Gasteiger partial charge in [-0.05, 0) is 48.9 Å². The Labute approximate surface area is 154 Å². The maximum absolute atomic E-state index is 13.2. The Morgan fingerprint density at radius 1 is 0.885 bits per heavy atom. The highest BCUT2D eigenvalue weighted by molar-refractivity contribution is 7.92. The van der Waals surface area contributed by atoms with Crippen LogP contribution in [0.1, 0.15) is 16.7 Å². The zero-order valence-corrected chi connectivity index (χ0v) is 15.1. The lowest BCUT2D eigenvalue weighted by Crippen LogP contribution is -2.30. The van der Waals surface area contributed by atoms with Gasteiger partial charge in [-0.25, -0.2) is 8.42 Å². The average Bonchev–Trinajstić information content (AvgIpc) is 2.67. The number of nitrogens with zero attached hydrogens (tertiary/aromatic N) is 2. The summed E-state index contributed by atoms with van der Waals surface area (Å²) in [4.78, 5) is 0.251. The summed E-state index contributed by atoms with van der Waals surface area (Å²) in [6.45, 7) is 2.11. The summed E-state index contributed by atoms with van der Waals surface area (Å²) >= 11 is 0. The molecule has 0 aliphatic heterocycles. The van der Waals surface area contributed by atoms with Gasteiger partial charge in [0.15, 0.2) is 0 Å². The van der Waals surface area contributed by atoms with Crippen molar-refractivity contribution >= 4 is 15.7 Å². The molecule has 0 fully saturated rings. The Morgan fingerprint density at radius 3 is 2.08 bits per heavy atom. The number of benzene rings is 3. The summed E-state index contributed by atoms with van der Waals surface area (Å²) < 4.78 is 27.9. The maximum Gasteiger partial charge on any atom is 0.264 e. The highest BCUT2D eigenvalue weighted by Crippen LogP contribution is 2.26. The van der Waals surface area contributed by atoms with Crippen molar-refractivity contribution in [3.63, 3.8) is 0 Å². The molecule has 0 saturated carbocycles. The average molecular weight is 362 g/mol. The fraction of sp³-hybridized carbons (Fsp3) is 0.0952. The SMILES string of the molecule is Cc1ccc(S(=O)(=O)N(Cc2ccc(C#N)cc2)c2ccccc2)cc1. The number of aryl methyl sites for hydroxylation is 1. The molecule has 0 aromatic heterocycles. The topological polar surface area (TPSA) is 61.2 Å². The third kappa shape index (κ3) is 3.76. The van der Waals surface area contributed by atoms with Crippen LogP contribution in [0.3, 0.4) is 0 Å². The van der Waals surface area contributed by atoms with Crippen LogP contribution in [0.15, 0.2) is 83.8 Å². The van der Waals surface area contributed by atoms with Crippen molar-refractivity contribution in [1.29, 1.82) is 5.26 Å². The molecular formula is C21H18N2O2S. The molecule has 0 amide bonds. The molecule has 5 heteroatoms. The predicted octanol–water partition coefficient (Wildman–Crippen LogP) is 4.26. The zero-order chi connectivity index (χ0) is 18.6. The van der Waals surface area contributed by atoms with E-state index in [2.05, 4.69) is 6.07 Å². The maximum atomic E-state index is 13.2. The minimum atomic E-state index is -3.72. The second-order valence-electron chi connectivity index (χ2n) is 5.97. The second kappa shape index (κ2) is 7.42. The highest BCUT2D eigenvalue weighted by atomic mass is 32.2. The van der Waals surface area contributed by atoms with Gasteiger partial charge in [0, 0.05) is 0 Å². The van der Waals surface area contributed by atoms with E-state index in [1.54, 1.807) is 60.7 Å². The molecule has 0 radical (unpaired) electrons. The van der Waals surface area contributed by atoms with Crippen LogP contribution in [0.4, 0.5) is 5.69 Å². The Balaban J connectivity index is 2.03. The molecule has 3 aromatic carbocycles. The molecule has 0 bridgehead atoms. The predicted molar refractivity (Wildman–Crippen MR) is 102 cm³/mol. The molecule has 26 heavy (non-hydrogen) atoms. The van der Waals surface area contributed by atoms with Crippen LogP contribution in [0.25, 0.3) is 0 Å². The lowest BCUT2D eigenvalue weighted by atomic mass is 10.1. The molecule has 0 aliphatic carbocycles. The van der Waals surface area contributed by atoms with E-state index in [1.165, 1.54) is 4.31 Å². The minimum absolute atomic E-state index is 0.186. The molecule has 4 nitrogen and oxygen atoms in total. The fourth-order valence-electron chi connectivity index (χ4n) is 2.60. The van der Waals surface area contributed by atoms with Crippen LogP contribution in [0.5, 0.6) is 0 Å². The van der Waals surface area contributed by atoms with E-state index in [0.717, 1.165) is 11.1 Å². The van der Waals surface area contributed by atoms with Crippen molar-refractivity contribution in [2.45, 2.75) is 18.4 Å². The molecule has 0 spiro atoms. The third-order valence-electron chi connectivity index (χ3n) is 4.06. The van der Waals surface area contributed by atoms with E-state index in [0.29, 0.717) is 11.3 Å². The van der Waals surface area contributed by atoms with Crippen LogP contribution < -0.4 is 4.31 Å². The van der Waals surface area contributed by atoms with Gasteiger partial charge in [-0.1, -0.05) is 48.0 Å². The number of nitriles is 1. The number of sulfonamides is 1. The second-order valence-corrected chi connectivity index (χ2v) is 7.83. The molecule has 0 N–H and O–H groups in total. The molecule has 0 saturated heterocycles. The van der Waals surface area contributed by atoms with Gasteiger partial charge in [0.2, 0.25) is 0 Å². The Morgan fingerprint density at radius 2 is 1.50 bits per heavy atom. The number of hydrogen-bond acceptors (Lipinski definition) is 3. The Kier molecular flexibility index (Phi) is 5.06. The van der Waals surface area contributed by atoms with Gasteiger partial charge in [0.05, 0.1) is 28.8 Å². The zero-order valence-electron chi connectivity index (χ0n) is 14.3. The van der Waals surface area contributed by atoms with Gasteiger partial charge >= 0.3 is 0 Å². The number of anilines is 1. The summed E-state index contributed by atoms with van der Waals surface area (Å²) in [5.74, 6) is 0. The van der Waals surface area contributed by atoms with Crippen molar-refractivity contribution in [3.05, 3.63) is 95.6 Å². The summed E-state index contributed by atoms with van der Waals surface area (Å²) in [7, 11) is -3.72. The van der Waals surface area contributed by atoms with Gasteiger partial charge in [-0.2, -0.15) is 5.26 Å². The minimum Gasteiger partial charge on any atom is -0.262 e. The van der Waals surface area contributed by atoms with Crippen LogP contribution in [0.2, 0.25) is 0 Å². The normalized spacial score (nSPS) is 10.9. The van der Waals surface area contributed by atoms with Crippen LogP contribution in [0, 0.1) is 18.3 Å². The fourth-order valence-corrected chi connectivity index (χ4v) is 4.05. The van der Waals surface area contributed by atoms with Crippen molar-refractivity contribution in [1.82, 2.24) is 0 Å². The molecule has 0 atom stereocenters. The first-order chi connectivity index (χ1) is 12.5. The van der Waals surface area contributed by atoms with E-state index in [4.69, 9.17) is 5.26 Å². The first kappa shape index (κ1) is 17.7. The van der Waals surface area contributed by atoms with E-state index in [-0.39, 0.29) is 11.4 Å². The number of hydrogen-bond donors (Lipinski definition) is 0. The summed E-state index contributed by atoms with van der Waals surface area (Å²) in [6.07, 6.45) is 0. The standard InChI is InChI=1S/C21H18N2O2S/c1-17-7-13-21(14-8-17)26(24,25)23(20-5-3-2-4-6-20)16-19-11-9-18(15-22)10-12-19/h2-14H,16H2,1H3. The van der Waals surface area contributed by atoms with E-state index in [1.807, 2.05) is 25.1 Å². The van der Waals surface area contributed by atoms with E-state index < -0.39 is 10.0 Å². The van der Waals surface area contributed by atoms with Crippen molar-refractivity contribution < 1.29 is 8.42 Å². The van der Waals surface area contributed by atoms with Gasteiger partial charge in [-0.15, -0.1) is 0 Å². The van der Waals surface area contributed by atoms with E-state index >= 15 is 0 Å². The molecule has 3 rings (SSSR count). The molecule has 0 aliphatic rings. The first-order valence-electron chi connectivity index (χ1n) is 8.14. The lowest BCUT2D eigenvalue weighted by Gasteiger charge is -2.25. The molecule has 0 unspecified atom stereocenters. The first-order valence-corrected chi connectivity index (χ1v) is 9.58. The van der Waals surface area contributed by atoms with Crippen molar-refractivity contribution in [2.24, 2.45) is 0 Å². The smallest absolute Gasteiger partial charge is 0.262 e. The number of rotatable bonds is 5. The molecular weight excluding hydrogens is 344 g/mol. The monoisotopic (exact) mass is 362 g/mol. The third-order valence-corrected chi connectivity index (χ3v) is 5.85. The number of para-hydroxylation sites is 1. The van der Waals surface area contributed by atoms with Gasteiger partial charge in [0.25, 0.3) is 10.0 Å². The Bertz CT molecular complexity index is 1020. The van der Waals surface area contributed by atoms with Crippen molar-refractivity contribution in [3.8, 4) is 6.07 Å². The molecule has 130 valence electrons. The van der Waals surface area contributed by atoms with Gasteiger partial charge < -0.3 is 0 Å². The summed E-state index contributed by atoms with van der Waals surface area (Å²) in [6, 6.07) is 24.9.